The smallest absolute Gasteiger partial charge is 0.117 e. The standard InChI is InChI=1S/C12H18N2O/c1-2-11(15-7-1)8-14-6-5-13-12(9-14)10-3-4-10/h1-2,7,10,12-13H,3-6,8-9H2. The van der Waals surface area contributed by atoms with Gasteiger partial charge >= 0.3 is 0 Å². The maximum Gasteiger partial charge on any atom is 0.117 e. The molecular weight excluding hydrogens is 188 g/mol. The minimum absolute atomic E-state index is 0.730. The van der Waals surface area contributed by atoms with E-state index >= 15 is 0 Å². The Balaban J connectivity index is 1.56. The highest BCUT2D eigenvalue weighted by molar-refractivity contribution is 4.99. The van der Waals surface area contributed by atoms with Gasteiger partial charge in [0.15, 0.2) is 0 Å². The molecule has 82 valence electrons. The molecule has 1 saturated heterocycles. The second kappa shape index (κ2) is 3.99. The Morgan fingerprint density at radius 1 is 1.47 bits per heavy atom. The molecular formula is C12H18N2O. The SMILES string of the molecule is c1coc(CN2CCNC(C3CC3)C2)c1. The van der Waals surface area contributed by atoms with Crippen molar-refractivity contribution in [2.75, 3.05) is 19.6 Å². The lowest BCUT2D eigenvalue weighted by Crippen LogP contribution is -2.51. The largest absolute Gasteiger partial charge is 0.468 e. The van der Waals surface area contributed by atoms with Crippen LogP contribution in [0, 0.1) is 5.92 Å². The van der Waals surface area contributed by atoms with Gasteiger partial charge < -0.3 is 9.73 Å². The van der Waals surface area contributed by atoms with Gasteiger partial charge in [0, 0.05) is 25.7 Å². The van der Waals surface area contributed by atoms with Gasteiger partial charge in [-0.25, -0.2) is 0 Å². The summed E-state index contributed by atoms with van der Waals surface area (Å²) in [6.45, 7) is 4.43. The van der Waals surface area contributed by atoms with Gasteiger partial charge in [0.05, 0.1) is 12.8 Å². The molecule has 1 unspecified atom stereocenters. The molecule has 1 aliphatic heterocycles. The summed E-state index contributed by atoms with van der Waals surface area (Å²) in [4.78, 5) is 2.50. The van der Waals surface area contributed by atoms with Crippen LogP contribution in [-0.2, 0) is 6.54 Å². The molecule has 1 N–H and O–H groups in total. The fourth-order valence-corrected chi connectivity index (χ4v) is 2.42. The lowest BCUT2D eigenvalue weighted by molar-refractivity contribution is 0.170. The first kappa shape index (κ1) is 9.43. The Morgan fingerprint density at radius 3 is 3.13 bits per heavy atom. The zero-order valence-electron chi connectivity index (χ0n) is 8.98. The van der Waals surface area contributed by atoms with E-state index in [0.29, 0.717) is 0 Å². The number of rotatable bonds is 3. The normalized spacial score (nSPS) is 28.1. The van der Waals surface area contributed by atoms with Crippen molar-refractivity contribution in [2.24, 2.45) is 5.92 Å². The lowest BCUT2D eigenvalue weighted by Gasteiger charge is -2.33. The average molecular weight is 206 g/mol. The summed E-state index contributed by atoms with van der Waals surface area (Å²) in [7, 11) is 0. The first-order valence-electron chi connectivity index (χ1n) is 5.90. The van der Waals surface area contributed by atoms with E-state index in [9.17, 15) is 0 Å². The van der Waals surface area contributed by atoms with Crippen LogP contribution in [-0.4, -0.2) is 30.6 Å². The van der Waals surface area contributed by atoms with Crippen molar-refractivity contribution in [2.45, 2.75) is 25.4 Å². The van der Waals surface area contributed by atoms with Crippen molar-refractivity contribution in [3.63, 3.8) is 0 Å². The molecule has 1 saturated carbocycles. The molecule has 1 aromatic rings. The molecule has 0 spiro atoms. The van der Waals surface area contributed by atoms with Crippen molar-refractivity contribution in [3.8, 4) is 0 Å². The van der Waals surface area contributed by atoms with E-state index in [1.54, 1.807) is 6.26 Å². The molecule has 1 aliphatic carbocycles. The molecule has 2 fully saturated rings. The van der Waals surface area contributed by atoms with Crippen LogP contribution in [0.4, 0.5) is 0 Å². The Bertz CT molecular complexity index is 305. The molecule has 0 amide bonds. The zero-order valence-corrected chi connectivity index (χ0v) is 8.98. The highest BCUT2D eigenvalue weighted by atomic mass is 16.3. The maximum atomic E-state index is 5.39. The van der Waals surface area contributed by atoms with Gasteiger partial charge in [-0.2, -0.15) is 0 Å². The van der Waals surface area contributed by atoms with E-state index in [2.05, 4.69) is 16.3 Å². The monoisotopic (exact) mass is 206 g/mol. The van der Waals surface area contributed by atoms with Crippen LogP contribution >= 0.6 is 0 Å². The van der Waals surface area contributed by atoms with Crippen molar-refractivity contribution in [1.29, 1.82) is 0 Å². The molecule has 2 aliphatic rings. The molecule has 3 heteroatoms. The highest BCUT2D eigenvalue weighted by Gasteiger charge is 2.33. The van der Waals surface area contributed by atoms with Gasteiger partial charge in [0.1, 0.15) is 5.76 Å². The van der Waals surface area contributed by atoms with Crippen LogP contribution < -0.4 is 5.32 Å². The Hall–Kier alpha value is -0.800. The lowest BCUT2D eigenvalue weighted by atomic mass is 10.1. The second-order valence-corrected chi connectivity index (χ2v) is 4.71. The molecule has 3 rings (SSSR count). The average Bonchev–Trinajstić information content (AvgIpc) is 3.00. The summed E-state index contributed by atoms with van der Waals surface area (Å²) in [5, 5.41) is 3.62. The van der Waals surface area contributed by atoms with Gasteiger partial charge in [-0.1, -0.05) is 0 Å². The maximum absolute atomic E-state index is 5.39. The minimum Gasteiger partial charge on any atom is -0.468 e. The number of nitrogens with zero attached hydrogens (tertiary/aromatic N) is 1. The predicted octanol–water partition coefficient (Wildman–Crippen LogP) is 1.46. The number of hydrogen-bond acceptors (Lipinski definition) is 3. The number of nitrogens with one attached hydrogen (secondary N) is 1. The quantitative estimate of drug-likeness (QED) is 0.811. The Morgan fingerprint density at radius 2 is 2.40 bits per heavy atom. The van der Waals surface area contributed by atoms with E-state index in [-0.39, 0.29) is 0 Å². The summed E-state index contributed by atoms with van der Waals surface area (Å²) < 4.78 is 5.39. The van der Waals surface area contributed by atoms with Gasteiger partial charge in [-0.05, 0) is 30.9 Å². The third-order valence-corrected chi connectivity index (χ3v) is 3.44. The summed E-state index contributed by atoms with van der Waals surface area (Å²) in [5.74, 6) is 2.04. The summed E-state index contributed by atoms with van der Waals surface area (Å²) in [6, 6.07) is 4.76. The number of furan rings is 1. The highest BCUT2D eigenvalue weighted by Crippen LogP contribution is 2.33. The first-order valence-corrected chi connectivity index (χ1v) is 5.90. The van der Waals surface area contributed by atoms with Crippen LogP contribution in [0.5, 0.6) is 0 Å². The molecule has 0 aromatic carbocycles. The molecule has 1 atom stereocenters. The van der Waals surface area contributed by atoms with Crippen molar-refractivity contribution in [3.05, 3.63) is 24.2 Å². The first-order chi connectivity index (χ1) is 7.42. The van der Waals surface area contributed by atoms with Crippen LogP contribution in [0.25, 0.3) is 0 Å². The fourth-order valence-electron chi connectivity index (χ4n) is 2.42. The van der Waals surface area contributed by atoms with Crippen LogP contribution in [0.1, 0.15) is 18.6 Å². The molecule has 0 radical (unpaired) electrons. The molecule has 1 aromatic heterocycles. The van der Waals surface area contributed by atoms with Crippen molar-refractivity contribution < 1.29 is 4.42 Å². The van der Waals surface area contributed by atoms with E-state index in [1.807, 2.05) is 6.07 Å². The third kappa shape index (κ3) is 2.24. The van der Waals surface area contributed by atoms with E-state index in [4.69, 9.17) is 4.42 Å². The number of piperazine rings is 1. The van der Waals surface area contributed by atoms with E-state index in [1.165, 1.54) is 19.4 Å². The van der Waals surface area contributed by atoms with Gasteiger partial charge in [-0.3, -0.25) is 4.90 Å². The fraction of sp³-hybridized carbons (Fsp3) is 0.667. The van der Waals surface area contributed by atoms with Crippen LogP contribution in [0.2, 0.25) is 0 Å². The van der Waals surface area contributed by atoms with E-state index in [0.717, 1.165) is 37.4 Å². The minimum atomic E-state index is 0.730. The topological polar surface area (TPSA) is 28.4 Å². The van der Waals surface area contributed by atoms with Crippen molar-refractivity contribution >= 4 is 0 Å². The zero-order chi connectivity index (χ0) is 10.1. The van der Waals surface area contributed by atoms with Gasteiger partial charge in [0.25, 0.3) is 0 Å². The van der Waals surface area contributed by atoms with Gasteiger partial charge in [-0.15, -0.1) is 0 Å². The predicted molar refractivity (Wildman–Crippen MR) is 58.5 cm³/mol. The summed E-state index contributed by atoms with van der Waals surface area (Å²) >= 11 is 0. The Labute approximate surface area is 90.4 Å². The Kier molecular flexibility index (Phi) is 2.51. The summed E-state index contributed by atoms with van der Waals surface area (Å²) in [5.41, 5.74) is 0. The summed E-state index contributed by atoms with van der Waals surface area (Å²) in [6.07, 6.45) is 4.61. The number of hydrogen-bond donors (Lipinski definition) is 1. The van der Waals surface area contributed by atoms with Crippen molar-refractivity contribution in [1.82, 2.24) is 10.2 Å². The second-order valence-electron chi connectivity index (χ2n) is 4.71. The molecule has 15 heavy (non-hydrogen) atoms. The third-order valence-electron chi connectivity index (χ3n) is 3.44. The van der Waals surface area contributed by atoms with Crippen LogP contribution in [0.3, 0.4) is 0 Å². The molecule has 3 nitrogen and oxygen atoms in total. The van der Waals surface area contributed by atoms with Crippen LogP contribution in [0.15, 0.2) is 22.8 Å². The van der Waals surface area contributed by atoms with Gasteiger partial charge in [0.2, 0.25) is 0 Å². The van der Waals surface area contributed by atoms with E-state index < -0.39 is 0 Å². The molecule has 2 heterocycles. The molecule has 0 bridgehead atoms.